The number of hydrogen-bond donors (Lipinski definition) is 1. The van der Waals surface area contributed by atoms with E-state index in [-0.39, 0.29) is 6.04 Å². The standard InChI is InChI=1S/C18H26N2O/c1-2-20(16-10-4-3-5-11-16)18(21)17-12-14-8-6-7-9-15(14)13-19-17/h6-9,16-17,19H,2-5,10-13H2,1H3. The van der Waals surface area contributed by atoms with Gasteiger partial charge in [-0.2, -0.15) is 0 Å². The van der Waals surface area contributed by atoms with Gasteiger partial charge < -0.3 is 10.2 Å². The van der Waals surface area contributed by atoms with Crippen molar-refractivity contribution >= 4 is 5.91 Å². The van der Waals surface area contributed by atoms with Crippen LogP contribution in [0.2, 0.25) is 0 Å². The molecular weight excluding hydrogens is 260 g/mol. The van der Waals surface area contributed by atoms with Crippen molar-refractivity contribution in [2.75, 3.05) is 6.54 Å². The molecule has 1 aromatic rings. The Morgan fingerprint density at radius 1 is 1.19 bits per heavy atom. The third-order valence-electron chi connectivity index (χ3n) is 5.02. The molecule has 0 saturated heterocycles. The number of rotatable bonds is 3. The SMILES string of the molecule is CCN(C(=O)C1Cc2ccccc2CN1)C1CCCCC1. The number of nitrogens with one attached hydrogen (secondary N) is 1. The van der Waals surface area contributed by atoms with E-state index in [9.17, 15) is 4.79 Å². The number of benzene rings is 1. The van der Waals surface area contributed by atoms with E-state index >= 15 is 0 Å². The molecule has 1 unspecified atom stereocenters. The van der Waals surface area contributed by atoms with Gasteiger partial charge >= 0.3 is 0 Å². The molecule has 1 aromatic carbocycles. The van der Waals surface area contributed by atoms with Gasteiger partial charge in [-0.25, -0.2) is 0 Å². The number of fused-ring (bicyclic) bond motifs is 1. The maximum absolute atomic E-state index is 12.9. The van der Waals surface area contributed by atoms with Gasteiger partial charge in [0.25, 0.3) is 0 Å². The van der Waals surface area contributed by atoms with Crippen LogP contribution >= 0.6 is 0 Å². The van der Waals surface area contributed by atoms with Crippen molar-refractivity contribution in [3.05, 3.63) is 35.4 Å². The first kappa shape index (κ1) is 14.6. The molecule has 0 spiro atoms. The Labute approximate surface area is 127 Å². The Kier molecular flexibility index (Phi) is 4.59. The van der Waals surface area contributed by atoms with Crippen molar-refractivity contribution in [2.24, 2.45) is 0 Å². The summed E-state index contributed by atoms with van der Waals surface area (Å²) in [6.07, 6.45) is 7.08. The zero-order valence-corrected chi connectivity index (χ0v) is 13.0. The molecule has 0 radical (unpaired) electrons. The van der Waals surface area contributed by atoms with Gasteiger partial charge in [-0.3, -0.25) is 4.79 Å². The Morgan fingerprint density at radius 3 is 2.62 bits per heavy atom. The lowest BCUT2D eigenvalue weighted by atomic mass is 9.91. The predicted molar refractivity (Wildman–Crippen MR) is 85.0 cm³/mol. The third kappa shape index (κ3) is 3.13. The first-order chi connectivity index (χ1) is 10.3. The highest BCUT2D eigenvalue weighted by Gasteiger charge is 2.31. The normalized spacial score (nSPS) is 22.6. The first-order valence-electron chi connectivity index (χ1n) is 8.40. The fourth-order valence-corrected chi connectivity index (χ4v) is 3.82. The summed E-state index contributed by atoms with van der Waals surface area (Å²) in [5, 5.41) is 3.44. The Bertz CT molecular complexity index is 494. The minimum atomic E-state index is -0.0400. The fraction of sp³-hybridized carbons (Fsp3) is 0.611. The van der Waals surface area contributed by atoms with Crippen molar-refractivity contribution in [1.82, 2.24) is 10.2 Å². The van der Waals surface area contributed by atoms with Gasteiger partial charge in [-0.1, -0.05) is 43.5 Å². The van der Waals surface area contributed by atoms with E-state index in [0.29, 0.717) is 11.9 Å². The molecule has 1 saturated carbocycles. The molecule has 1 aliphatic carbocycles. The molecule has 21 heavy (non-hydrogen) atoms. The lowest BCUT2D eigenvalue weighted by Gasteiger charge is -2.37. The predicted octanol–water partition coefficient (Wildman–Crippen LogP) is 2.88. The number of carbonyl (C=O) groups excluding carboxylic acids is 1. The summed E-state index contributed by atoms with van der Waals surface area (Å²) in [6.45, 7) is 3.77. The van der Waals surface area contributed by atoms with Crippen LogP contribution in [0.15, 0.2) is 24.3 Å². The summed E-state index contributed by atoms with van der Waals surface area (Å²) >= 11 is 0. The van der Waals surface area contributed by atoms with Crippen LogP contribution < -0.4 is 5.32 Å². The monoisotopic (exact) mass is 286 g/mol. The summed E-state index contributed by atoms with van der Waals surface area (Å²) < 4.78 is 0. The number of amides is 1. The summed E-state index contributed by atoms with van der Waals surface area (Å²) in [5.41, 5.74) is 2.66. The van der Waals surface area contributed by atoms with Crippen LogP contribution in [-0.2, 0) is 17.8 Å². The van der Waals surface area contributed by atoms with Crippen molar-refractivity contribution in [3.63, 3.8) is 0 Å². The summed E-state index contributed by atoms with van der Waals surface area (Å²) in [7, 11) is 0. The molecule has 1 fully saturated rings. The Hall–Kier alpha value is -1.35. The van der Waals surface area contributed by atoms with Gasteiger partial charge in [0.2, 0.25) is 5.91 Å². The molecule has 3 rings (SSSR count). The molecule has 0 aromatic heterocycles. The molecule has 1 aliphatic heterocycles. The molecule has 1 amide bonds. The van der Waals surface area contributed by atoms with Crippen LogP contribution in [0.5, 0.6) is 0 Å². The van der Waals surface area contributed by atoms with Gasteiger partial charge in [0.15, 0.2) is 0 Å². The van der Waals surface area contributed by atoms with E-state index in [2.05, 4.69) is 41.4 Å². The number of hydrogen-bond acceptors (Lipinski definition) is 2. The molecular formula is C18H26N2O. The minimum absolute atomic E-state index is 0.0400. The molecule has 1 heterocycles. The molecule has 0 bridgehead atoms. The average molecular weight is 286 g/mol. The summed E-state index contributed by atoms with van der Waals surface area (Å²) in [6, 6.07) is 8.89. The van der Waals surface area contributed by atoms with Gasteiger partial charge in [0.05, 0.1) is 6.04 Å². The molecule has 114 valence electrons. The summed E-state index contributed by atoms with van der Waals surface area (Å²) in [4.78, 5) is 15.0. The zero-order chi connectivity index (χ0) is 14.7. The highest BCUT2D eigenvalue weighted by Crippen LogP contribution is 2.24. The number of likely N-dealkylation sites (N-methyl/N-ethyl adjacent to an activating group) is 1. The molecule has 1 atom stereocenters. The Balaban J connectivity index is 1.69. The number of carbonyl (C=O) groups is 1. The first-order valence-corrected chi connectivity index (χ1v) is 8.40. The van der Waals surface area contributed by atoms with E-state index in [0.717, 1.165) is 19.5 Å². The quantitative estimate of drug-likeness (QED) is 0.926. The van der Waals surface area contributed by atoms with Crippen LogP contribution in [-0.4, -0.2) is 29.4 Å². The van der Waals surface area contributed by atoms with Crippen molar-refractivity contribution in [2.45, 2.75) is 64.1 Å². The topological polar surface area (TPSA) is 32.3 Å². The van der Waals surface area contributed by atoms with Crippen LogP contribution in [0, 0.1) is 0 Å². The second-order valence-electron chi connectivity index (χ2n) is 6.32. The highest BCUT2D eigenvalue weighted by molar-refractivity contribution is 5.83. The van der Waals surface area contributed by atoms with E-state index < -0.39 is 0 Å². The minimum Gasteiger partial charge on any atom is -0.339 e. The maximum atomic E-state index is 12.9. The van der Waals surface area contributed by atoms with Crippen LogP contribution in [0.25, 0.3) is 0 Å². The second-order valence-corrected chi connectivity index (χ2v) is 6.32. The molecule has 3 nitrogen and oxygen atoms in total. The van der Waals surface area contributed by atoms with Gasteiger partial charge in [-0.15, -0.1) is 0 Å². The second kappa shape index (κ2) is 6.61. The lowest BCUT2D eigenvalue weighted by Crippen LogP contribution is -2.52. The van der Waals surface area contributed by atoms with E-state index in [1.165, 1.54) is 43.2 Å². The lowest BCUT2D eigenvalue weighted by molar-refractivity contribution is -0.136. The van der Waals surface area contributed by atoms with Gasteiger partial charge in [-0.05, 0) is 37.3 Å². The molecule has 3 heteroatoms. The maximum Gasteiger partial charge on any atom is 0.240 e. The summed E-state index contributed by atoms with van der Waals surface area (Å²) in [5.74, 6) is 0.305. The zero-order valence-electron chi connectivity index (χ0n) is 13.0. The van der Waals surface area contributed by atoms with Crippen molar-refractivity contribution in [3.8, 4) is 0 Å². The highest BCUT2D eigenvalue weighted by atomic mass is 16.2. The van der Waals surface area contributed by atoms with Crippen molar-refractivity contribution in [1.29, 1.82) is 0 Å². The molecule has 1 N–H and O–H groups in total. The number of nitrogens with zero attached hydrogens (tertiary/aromatic N) is 1. The molecule has 2 aliphatic rings. The van der Waals surface area contributed by atoms with Crippen LogP contribution in [0.4, 0.5) is 0 Å². The van der Waals surface area contributed by atoms with E-state index in [1.807, 2.05) is 0 Å². The average Bonchev–Trinajstić information content (AvgIpc) is 2.56. The smallest absolute Gasteiger partial charge is 0.240 e. The van der Waals surface area contributed by atoms with Crippen LogP contribution in [0.1, 0.15) is 50.2 Å². The van der Waals surface area contributed by atoms with E-state index in [4.69, 9.17) is 0 Å². The van der Waals surface area contributed by atoms with Gasteiger partial charge in [0, 0.05) is 19.1 Å². The Morgan fingerprint density at radius 2 is 1.90 bits per heavy atom. The van der Waals surface area contributed by atoms with Gasteiger partial charge in [0.1, 0.15) is 0 Å². The van der Waals surface area contributed by atoms with Crippen molar-refractivity contribution < 1.29 is 4.79 Å². The fourth-order valence-electron chi connectivity index (χ4n) is 3.82. The largest absolute Gasteiger partial charge is 0.339 e. The van der Waals surface area contributed by atoms with E-state index in [1.54, 1.807) is 0 Å². The van der Waals surface area contributed by atoms with Crippen LogP contribution in [0.3, 0.4) is 0 Å². The third-order valence-corrected chi connectivity index (χ3v) is 5.02.